The first-order valence-electron chi connectivity index (χ1n) is 8.68. The minimum Gasteiger partial charge on any atom is -0.326 e. The summed E-state index contributed by atoms with van der Waals surface area (Å²) >= 11 is 1.33. The molecule has 1 aliphatic heterocycles. The molecule has 0 aliphatic carbocycles. The maximum absolute atomic E-state index is 13.2. The number of carbonyl (C=O) groups is 2. The molecule has 9 heteroatoms. The van der Waals surface area contributed by atoms with Crippen LogP contribution in [0.2, 0.25) is 0 Å². The van der Waals surface area contributed by atoms with Gasteiger partial charge in [-0.3, -0.25) is 9.59 Å². The summed E-state index contributed by atoms with van der Waals surface area (Å²) in [6.45, 7) is 1.89. The number of amides is 2. The minimum absolute atomic E-state index is 0.0929. The Hall–Kier alpha value is -2.39. The van der Waals surface area contributed by atoms with E-state index in [2.05, 4.69) is 10.6 Å². The summed E-state index contributed by atoms with van der Waals surface area (Å²) in [5.74, 6) is -1.47. The highest BCUT2D eigenvalue weighted by Crippen LogP contribution is 2.38. The molecule has 1 aliphatic rings. The van der Waals surface area contributed by atoms with E-state index >= 15 is 0 Å². The molecule has 0 saturated carbocycles. The van der Waals surface area contributed by atoms with E-state index in [4.69, 9.17) is 0 Å². The van der Waals surface area contributed by atoms with Gasteiger partial charge in [0.1, 0.15) is 5.82 Å². The molecule has 0 fully saturated rings. The topological polar surface area (TPSA) is 92.3 Å². The molecule has 2 amide bonds. The third-order valence-corrected chi connectivity index (χ3v) is 7.35. The van der Waals surface area contributed by atoms with E-state index in [1.165, 1.54) is 42.1 Å². The lowest BCUT2D eigenvalue weighted by Gasteiger charge is -2.23. The van der Waals surface area contributed by atoms with Gasteiger partial charge in [-0.2, -0.15) is 0 Å². The highest BCUT2D eigenvalue weighted by Gasteiger charge is 2.27. The molecule has 0 aromatic heterocycles. The van der Waals surface area contributed by atoms with Gasteiger partial charge in [0.25, 0.3) is 0 Å². The summed E-state index contributed by atoms with van der Waals surface area (Å²) in [5, 5.41) is 4.99. The molecular formula is C19H19FN2O4S2. The van der Waals surface area contributed by atoms with Crippen molar-refractivity contribution in [2.75, 3.05) is 16.4 Å². The van der Waals surface area contributed by atoms with Crippen molar-refractivity contribution in [3.8, 4) is 0 Å². The second-order valence-corrected chi connectivity index (χ2v) is 9.64. The normalized spacial score (nSPS) is 16.2. The molecule has 2 N–H and O–H groups in total. The maximum atomic E-state index is 13.2. The van der Waals surface area contributed by atoms with Crippen molar-refractivity contribution in [3.63, 3.8) is 0 Å². The fourth-order valence-electron chi connectivity index (χ4n) is 2.72. The van der Waals surface area contributed by atoms with Crippen LogP contribution in [0.5, 0.6) is 0 Å². The van der Waals surface area contributed by atoms with Gasteiger partial charge < -0.3 is 10.6 Å². The first-order valence-corrected chi connectivity index (χ1v) is 11.2. The molecule has 1 unspecified atom stereocenters. The summed E-state index contributed by atoms with van der Waals surface area (Å²) in [5.41, 5.74) is 0.858. The number of carbonyl (C=O) groups excluding carboxylic acids is 2. The average molecular weight is 423 g/mol. The quantitative estimate of drug-likeness (QED) is 0.744. The van der Waals surface area contributed by atoms with E-state index < -0.39 is 21.6 Å². The highest BCUT2D eigenvalue weighted by molar-refractivity contribution is 8.01. The Balaban J connectivity index is 1.68. The zero-order valence-corrected chi connectivity index (χ0v) is 16.7. The molecule has 3 rings (SSSR count). The van der Waals surface area contributed by atoms with Crippen LogP contribution < -0.4 is 10.6 Å². The Bertz CT molecular complexity index is 1020. The first-order chi connectivity index (χ1) is 13.3. The van der Waals surface area contributed by atoms with Gasteiger partial charge in [-0.25, -0.2) is 12.8 Å². The molecule has 28 heavy (non-hydrogen) atoms. The SMILES string of the molecule is CCC1Sc2cc(S(=O)(=O)CCC(=O)Nc3cccc(F)c3)ccc2NC1=O. The van der Waals surface area contributed by atoms with Crippen molar-refractivity contribution in [2.45, 2.75) is 34.8 Å². The van der Waals surface area contributed by atoms with Crippen LogP contribution >= 0.6 is 11.8 Å². The van der Waals surface area contributed by atoms with Crippen LogP contribution in [-0.2, 0) is 19.4 Å². The Kier molecular flexibility index (Phi) is 6.04. The first kappa shape index (κ1) is 20.3. The Morgan fingerprint density at radius 3 is 2.75 bits per heavy atom. The lowest BCUT2D eigenvalue weighted by molar-refractivity contribution is -0.116. The van der Waals surface area contributed by atoms with Gasteiger partial charge in [0.15, 0.2) is 9.84 Å². The fraction of sp³-hybridized carbons (Fsp3) is 0.263. The van der Waals surface area contributed by atoms with Gasteiger partial charge in [0.05, 0.1) is 21.6 Å². The number of fused-ring (bicyclic) bond motifs is 1. The Morgan fingerprint density at radius 2 is 2.04 bits per heavy atom. The molecule has 2 aromatic carbocycles. The van der Waals surface area contributed by atoms with E-state index in [0.717, 1.165) is 6.07 Å². The summed E-state index contributed by atoms with van der Waals surface area (Å²) in [4.78, 5) is 24.7. The van der Waals surface area contributed by atoms with Gasteiger partial charge in [-0.05, 0) is 42.8 Å². The van der Waals surface area contributed by atoms with Crippen molar-refractivity contribution in [1.82, 2.24) is 0 Å². The number of hydrogen-bond donors (Lipinski definition) is 2. The monoisotopic (exact) mass is 422 g/mol. The molecular weight excluding hydrogens is 403 g/mol. The van der Waals surface area contributed by atoms with Gasteiger partial charge in [0, 0.05) is 17.0 Å². The van der Waals surface area contributed by atoms with E-state index in [0.29, 0.717) is 17.0 Å². The van der Waals surface area contributed by atoms with Crippen LogP contribution in [0.25, 0.3) is 0 Å². The van der Waals surface area contributed by atoms with Crippen molar-refractivity contribution < 1.29 is 22.4 Å². The third-order valence-electron chi connectivity index (χ3n) is 4.21. The van der Waals surface area contributed by atoms with Gasteiger partial charge in [0.2, 0.25) is 11.8 Å². The molecule has 0 bridgehead atoms. The van der Waals surface area contributed by atoms with E-state index in [9.17, 15) is 22.4 Å². The summed E-state index contributed by atoms with van der Waals surface area (Å²) < 4.78 is 38.4. The maximum Gasteiger partial charge on any atom is 0.237 e. The predicted octanol–water partition coefficient (Wildman–Crippen LogP) is 3.45. The molecule has 6 nitrogen and oxygen atoms in total. The predicted molar refractivity (Wildman–Crippen MR) is 107 cm³/mol. The summed E-state index contributed by atoms with van der Waals surface area (Å²) in [6, 6.07) is 9.90. The molecule has 1 atom stereocenters. The summed E-state index contributed by atoms with van der Waals surface area (Å²) in [6.07, 6.45) is 0.380. The number of benzene rings is 2. The highest BCUT2D eigenvalue weighted by atomic mass is 32.2. The molecule has 148 valence electrons. The average Bonchev–Trinajstić information content (AvgIpc) is 2.65. The Morgan fingerprint density at radius 1 is 1.25 bits per heavy atom. The molecule has 0 radical (unpaired) electrons. The second-order valence-electron chi connectivity index (χ2n) is 6.29. The van der Waals surface area contributed by atoms with Crippen LogP contribution in [-0.4, -0.2) is 31.2 Å². The number of nitrogens with one attached hydrogen (secondary N) is 2. The third kappa shape index (κ3) is 4.71. The van der Waals surface area contributed by atoms with E-state index in [-0.39, 0.29) is 33.9 Å². The number of sulfone groups is 1. The number of hydrogen-bond acceptors (Lipinski definition) is 5. The van der Waals surface area contributed by atoms with Gasteiger partial charge in [-0.1, -0.05) is 13.0 Å². The second kappa shape index (κ2) is 8.32. The molecule has 0 spiro atoms. The van der Waals surface area contributed by atoms with Crippen LogP contribution in [0.15, 0.2) is 52.3 Å². The van der Waals surface area contributed by atoms with Gasteiger partial charge >= 0.3 is 0 Å². The number of rotatable bonds is 6. The number of anilines is 2. The molecule has 0 saturated heterocycles. The van der Waals surface area contributed by atoms with Crippen LogP contribution in [0.4, 0.5) is 15.8 Å². The standard InChI is InChI=1S/C19H19FN2O4S2/c1-2-16-19(24)22-15-7-6-14(11-17(15)27-16)28(25,26)9-8-18(23)21-13-5-3-4-12(20)10-13/h3-7,10-11,16H,2,8-9H2,1H3,(H,21,23)(H,22,24). The van der Waals surface area contributed by atoms with Crippen molar-refractivity contribution in [1.29, 1.82) is 0 Å². The fourth-order valence-corrected chi connectivity index (χ4v) is 5.14. The van der Waals surface area contributed by atoms with Crippen molar-refractivity contribution in [3.05, 3.63) is 48.3 Å². The van der Waals surface area contributed by atoms with Crippen LogP contribution in [0.3, 0.4) is 0 Å². The van der Waals surface area contributed by atoms with Crippen LogP contribution in [0, 0.1) is 5.82 Å². The van der Waals surface area contributed by atoms with Crippen LogP contribution in [0.1, 0.15) is 19.8 Å². The van der Waals surface area contributed by atoms with E-state index in [1.807, 2.05) is 6.92 Å². The van der Waals surface area contributed by atoms with E-state index in [1.54, 1.807) is 6.07 Å². The lowest BCUT2D eigenvalue weighted by atomic mass is 10.2. The largest absolute Gasteiger partial charge is 0.326 e. The number of thioether (sulfide) groups is 1. The zero-order valence-electron chi connectivity index (χ0n) is 15.1. The van der Waals surface area contributed by atoms with Gasteiger partial charge in [-0.15, -0.1) is 11.8 Å². The zero-order chi connectivity index (χ0) is 20.3. The molecule has 1 heterocycles. The van der Waals surface area contributed by atoms with Crippen molar-refractivity contribution in [2.24, 2.45) is 0 Å². The smallest absolute Gasteiger partial charge is 0.237 e. The lowest BCUT2D eigenvalue weighted by Crippen LogP contribution is -2.28. The summed E-state index contributed by atoms with van der Waals surface area (Å²) in [7, 11) is -3.69. The minimum atomic E-state index is -3.69. The number of halogens is 1. The molecule has 2 aromatic rings. The van der Waals surface area contributed by atoms with Crippen molar-refractivity contribution >= 4 is 44.8 Å². The Labute approximate surface area is 166 Å².